The molecule has 2 aliphatic carbocycles. The number of aliphatic carboxylic acids is 1. The van der Waals surface area contributed by atoms with Crippen molar-refractivity contribution in [2.24, 2.45) is 5.92 Å². The van der Waals surface area contributed by atoms with Crippen LogP contribution in [-0.4, -0.2) is 41.8 Å². The quantitative estimate of drug-likeness (QED) is 0.590. The predicted octanol–water partition coefficient (Wildman–Crippen LogP) is 4.06. The Bertz CT molecular complexity index is 983. The SMILES string of the molecule is CCC(NC(=O)OCC1c2ccccc2-c2ccccc21)C(=O)NC1CCC(C(=O)O)CC1. The number of hydrogen-bond acceptors (Lipinski definition) is 4. The molecule has 2 aromatic rings. The second kappa shape index (κ2) is 10.1. The summed E-state index contributed by atoms with van der Waals surface area (Å²) in [6.45, 7) is 2.02. The Morgan fingerprint density at radius 3 is 2.09 bits per heavy atom. The van der Waals surface area contributed by atoms with Crippen molar-refractivity contribution in [3.63, 3.8) is 0 Å². The highest BCUT2D eigenvalue weighted by atomic mass is 16.5. The zero-order valence-electron chi connectivity index (χ0n) is 18.8. The molecule has 0 spiro atoms. The van der Waals surface area contributed by atoms with E-state index in [0.717, 1.165) is 22.3 Å². The molecule has 7 heteroatoms. The maximum Gasteiger partial charge on any atom is 0.407 e. The van der Waals surface area contributed by atoms with E-state index in [4.69, 9.17) is 9.84 Å². The van der Waals surface area contributed by atoms with Gasteiger partial charge in [-0.2, -0.15) is 0 Å². The minimum atomic E-state index is -0.775. The number of amides is 2. The minimum absolute atomic E-state index is 0.0403. The number of alkyl carbamates (subject to hydrolysis) is 1. The van der Waals surface area contributed by atoms with Gasteiger partial charge in [0, 0.05) is 12.0 Å². The van der Waals surface area contributed by atoms with Gasteiger partial charge >= 0.3 is 12.1 Å². The van der Waals surface area contributed by atoms with Crippen LogP contribution in [0.5, 0.6) is 0 Å². The number of carboxylic acid groups (broad SMARTS) is 1. The fourth-order valence-electron chi connectivity index (χ4n) is 4.92. The first-order chi connectivity index (χ1) is 16.0. The zero-order chi connectivity index (χ0) is 23.4. The van der Waals surface area contributed by atoms with Crippen molar-refractivity contribution in [1.82, 2.24) is 10.6 Å². The molecular weight excluding hydrogens is 420 g/mol. The molecule has 1 fully saturated rings. The number of fused-ring (bicyclic) bond motifs is 3. The number of ether oxygens (including phenoxy) is 1. The van der Waals surface area contributed by atoms with Crippen LogP contribution in [0.2, 0.25) is 0 Å². The smallest absolute Gasteiger partial charge is 0.407 e. The van der Waals surface area contributed by atoms with E-state index in [9.17, 15) is 14.4 Å². The lowest BCUT2D eigenvalue weighted by Gasteiger charge is -2.28. The second-order valence-electron chi connectivity index (χ2n) is 8.83. The molecule has 0 saturated heterocycles. The predicted molar refractivity (Wildman–Crippen MR) is 124 cm³/mol. The molecule has 2 aliphatic rings. The number of nitrogens with one attached hydrogen (secondary N) is 2. The van der Waals surface area contributed by atoms with Crippen molar-refractivity contribution in [2.45, 2.75) is 57.0 Å². The summed E-state index contributed by atoms with van der Waals surface area (Å²) in [6.07, 6.45) is 2.18. The lowest BCUT2D eigenvalue weighted by Crippen LogP contribution is -2.50. The maximum atomic E-state index is 12.7. The van der Waals surface area contributed by atoms with Gasteiger partial charge in [0.15, 0.2) is 0 Å². The largest absolute Gasteiger partial charge is 0.481 e. The highest BCUT2D eigenvalue weighted by Crippen LogP contribution is 2.44. The van der Waals surface area contributed by atoms with Crippen molar-refractivity contribution in [1.29, 1.82) is 0 Å². The number of carbonyl (C=O) groups is 3. The molecule has 0 bridgehead atoms. The van der Waals surface area contributed by atoms with Crippen LogP contribution in [0.4, 0.5) is 4.79 Å². The van der Waals surface area contributed by atoms with Crippen molar-refractivity contribution >= 4 is 18.0 Å². The van der Waals surface area contributed by atoms with Crippen LogP contribution in [0.15, 0.2) is 48.5 Å². The first-order valence-electron chi connectivity index (χ1n) is 11.6. The lowest BCUT2D eigenvalue weighted by atomic mass is 9.86. The summed E-state index contributed by atoms with van der Waals surface area (Å²) in [5.74, 6) is -1.41. The van der Waals surface area contributed by atoms with Gasteiger partial charge < -0.3 is 20.5 Å². The van der Waals surface area contributed by atoms with Gasteiger partial charge in [-0.25, -0.2) is 4.79 Å². The topological polar surface area (TPSA) is 105 Å². The summed E-state index contributed by atoms with van der Waals surface area (Å²) in [5.41, 5.74) is 4.58. The highest BCUT2D eigenvalue weighted by Gasteiger charge is 2.31. The van der Waals surface area contributed by atoms with E-state index >= 15 is 0 Å². The van der Waals surface area contributed by atoms with Gasteiger partial charge in [0.1, 0.15) is 12.6 Å². The molecule has 174 valence electrons. The third kappa shape index (κ3) is 5.02. The number of benzene rings is 2. The van der Waals surface area contributed by atoms with Crippen LogP contribution in [-0.2, 0) is 14.3 Å². The summed E-state index contributed by atoms with van der Waals surface area (Å²) in [6, 6.07) is 15.5. The van der Waals surface area contributed by atoms with Gasteiger partial charge in [-0.3, -0.25) is 9.59 Å². The van der Waals surface area contributed by atoms with E-state index in [-0.39, 0.29) is 30.4 Å². The number of rotatable bonds is 7. The Morgan fingerprint density at radius 1 is 0.970 bits per heavy atom. The molecule has 33 heavy (non-hydrogen) atoms. The number of carbonyl (C=O) groups excluding carboxylic acids is 2. The normalized spacial score (nSPS) is 20.3. The lowest BCUT2D eigenvalue weighted by molar-refractivity contribution is -0.142. The highest BCUT2D eigenvalue weighted by molar-refractivity contribution is 5.86. The Hall–Kier alpha value is -3.35. The van der Waals surface area contributed by atoms with E-state index < -0.39 is 18.1 Å². The number of carboxylic acids is 1. The van der Waals surface area contributed by atoms with E-state index in [2.05, 4.69) is 34.9 Å². The third-order valence-electron chi connectivity index (χ3n) is 6.78. The molecule has 2 aromatic carbocycles. The minimum Gasteiger partial charge on any atom is -0.481 e. The van der Waals surface area contributed by atoms with Gasteiger partial charge in [-0.15, -0.1) is 0 Å². The van der Waals surface area contributed by atoms with Gasteiger partial charge in [0.05, 0.1) is 5.92 Å². The average molecular weight is 451 g/mol. The summed E-state index contributed by atoms with van der Waals surface area (Å²) >= 11 is 0. The van der Waals surface area contributed by atoms with Crippen molar-refractivity contribution in [2.75, 3.05) is 6.61 Å². The first-order valence-corrected chi connectivity index (χ1v) is 11.6. The molecular formula is C26H30N2O5. The van der Waals surface area contributed by atoms with Crippen molar-refractivity contribution < 1.29 is 24.2 Å². The van der Waals surface area contributed by atoms with E-state index in [0.29, 0.717) is 32.1 Å². The molecule has 4 rings (SSSR count). The Kier molecular flexibility index (Phi) is 6.96. The van der Waals surface area contributed by atoms with Crippen molar-refractivity contribution in [3.05, 3.63) is 59.7 Å². The second-order valence-corrected chi connectivity index (χ2v) is 8.83. The van der Waals surface area contributed by atoms with Crippen LogP contribution in [0, 0.1) is 5.92 Å². The third-order valence-corrected chi connectivity index (χ3v) is 6.78. The van der Waals surface area contributed by atoms with E-state index in [1.165, 1.54) is 0 Å². The van der Waals surface area contributed by atoms with Crippen LogP contribution >= 0.6 is 0 Å². The Balaban J connectivity index is 1.31. The standard InChI is InChI=1S/C26H30N2O5/c1-2-23(24(29)27-17-13-11-16(12-14-17)25(30)31)28-26(32)33-15-22-20-9-5-3-7-18(20)19-8-4-6-10-21(19)22/h3-10,16-17,22-23H,2,11-15H2,1H3,(H,27,29)(H,28,32)(H,30,31). The molecule has 0 aromatic heterocycles. The molecule has 7 nitrogen and oxygen atoms in total. The molecule has 0 radical (unpaired) electrons. The first kappa shape index (κ1) is 22.8. The number of hydrogen-bond donors (Lipinski definition) is 3. The molecule has 1 saturated carbocycles. The summed E-state index contributed by atoms with van der Waals surface area (Å²) in [4.78, 5) is 36.3. The van der Waals surface area contributed by atoms with E-state index in [1.807, 2.05) is 31.2 Å². The van der Waals surface area contributed by atoms with Gasteiger partial charge in [-0.05, 0) is 54.4 Å². The van der Waals surface area contributed by atoms with Gasteiger partial charge in [0.2, 0.25) is 5.91 Å². The van der Waals surface area contributed by atoms with Crippen LogP contribution in [0.3, 0.4) is 0 Å². The van der Waals surface area contributed by atoms with Gasteiger partial charge in [-0.1, -0.05) is 55.5 Å². The summed E-state index contributed by atoms with van der Waals surface area (Å²) in [5, 5.41) is 14.8. The zero-order valence-corrected chi connectivity index (χ0v) is 18.8. The molecule has 1 unspecified atom stereocenters. The maximum absolute atomic E-state index is 12.7. The molecule has 0 aliphatic heterocycles. The van der Waals surface area contributed by atoms with Crippen LogP contribution in [0.1, 0.15) is 56.1 Å². The fraction of sp³-hybridized carbons (Fsp3) is 0.423. The molecule has 1 atom stereocenters. The Morgan fingerprint density at radius 2 is 1.55 bits per heavy atom. The summed E-state index contributed by atoms with van der Waals surface area (Å²) < 4.78 is 5.56. The Labute approximate surface area is 193 Å². The fourth-order valence-corrected chi connectivity index (χ4v) is 4.92. The van der Waals surface area contributed by atoms with E-state index in [1.54, 1.807) is 0 Å². The molecule has 2 amide bonds. The van der Waals surface area contributed by atoms with Crippen molar-refractivity contribution in [3.8, 4) is 11.1 Å². The molecule has 0 heterocycles. The summed E-state index contributed by atoms with van der Waals surface area (Å²) in [7, 11) is 0. The molecule has 3 N–H and O–H groups in total. The van der Waals surface area contributed by atoms with Gasteiger partial charge in [0.25, 0.3) is 0 Å². The monoisotopic (exact) mass is 450 g/mol. The van der Waals surface area contributed by atoms with Crippen LogP contribution in [0.25, 0.3) is 11.1 Å². The van der Waals surface area contributed by atoms with Crippen LogP contribution < -0.4 is 10.6 Å². The average Bonchev–Trinajstić information content (AvgIpc) is 3.15.